The van der Waals surface area contributed by atoms with Gasteiger partial charge in [-0.2, -0.15) is 0 Å². The van der Waals surface area contributed by atoms with Gasteiger partial charge in [-0.05, 0) is 59.2 Å². The second-order valence-electron chi connectivity index (χ2n) is 6.17. The number of hydrogen-bond acceptors (Lipinski definition) is 2. The Morgan fingerprint density at radius 2 is 1.78 bits per heavy atom. The molecule has 1 N–H and O–H groups in total. The molecule has 23 heavy (non-hydrogen) atoms. The van der Waals surface area contributed by atoms with Gasteiger partial charge in [-0.1, -0.05) is 18.2 Å². The fraction of sp³-hybridized carbons (Fsp3) is 0.316. The smallest absolute Gasteiger partial charge is 0.251 e. The summed E-state index contributed by atoms with van der Waals surface area (Å²) in [7, 11) is 0. The second-order valence-corrected chi connectivity index (χ2v) is 6.17. The quantitative estimate of drug-likeness (QED) is 0.920. The van der Waals surface area contributed by atoms with Gasteiger partial charge in [0.1, 0.15) is 5.82 Å². The van der Waals surface area contributed by atoms with E-state index in [1.54, 1.807) is 12.1 Å². The predicted octanol–water partition coefficient (Wildman–Crippen LogP) is 3.63. The number of benzene rings is 2. The van der Waals surface area contributed by atoms with Crippen LogP contribution in [0.15, 0.2) is 36.4 Å². The van der Waals surface area contributed by atoms with E-state index >= 15 is 0 Å². The Balaban J connectivity index is 1.85. The van der Waals surface area contributed by atoms with Gasteiger partial charge in [0.05, 0.1) is 0 Å². The van der Waals surface area contributed by atoms with Gasteiger partial charge in [-0.3, -0.25) is 4.79 Å². The van der Waals surface area contributed by atoms with Crippen LogP contribution in [0.3, 0.4) is 0 Å². The number of halogens is 1. The molecule has 3 nitrogen and oxygen atoms in total. The van der Waals surface area contributed by atoms with Gasteiger partial charge in [-0.25, -0.2) is 4.39 Å². The molecule has 1 saturated heterocycles. The number of fused-ring (bicyclic) bond motifs is 1. The van der Waals surface area contributed by atoms with E-state index < -0.39 is 0 Å². The largest absolute Gasteiger partial charge is 0.381 e. The van der Waals surface area contributed by atoms with Gasteiger partial charge in [0, 0.05) is 25.3 Å². The molecule has 4 rings (SSSR count). The summed E-state index contributed by atoms with van der Waals surface area (Å²) in [5, 5.41) is 2.88. The van der Waals surface area contributed by atoms with Crippen molar-refractivity contribution in [2.24, 2.45) is 0 Å². The topological polar surface area (TPSA) is 38.3 Å². The molecule has 0 spiro atoms. The SMILES string of the molecule is O=C1NCc2cc(C3CCOCC3)c(-c3ccc(F)cc3)cc21. The Bertz CT molecular complexity index is 749. The Kier molecular flexibility index (Phi) is 3.62. The summed E-state index contributed by atoms with van der Waals surface area (Å²) in [6.45, 7) is 2.12. The third-order valence-electron chi connectivity index (χ3n) is 4.78. The molecule has 2 heterocycles. The van der Waals surface area contributed by atoms with Crippen molar-refractivity contribution >= 4 is 5.91 Å². The lowest BCUT2D eigenvalue weighted by Gasteiger charge is -2.25. The average Bonchev–Trinajstić information content (AvgIpc) is 2.96. The molecule has 0 aromatic heterocycles. The lowest BCUT2D eigenvalue weighted by Crippen LogP contribution is -2.15. The van der Waals surface area contributed by atoms with E-state index in [1.807, 2.05) is 6.07 Å². The highest BCUT2D eigenvalue weighted by molar-refractivity contribution is 5.99. The van der Waals surface area contributed by atoms with Crippen LogP contribution in [0.1, 0.15) is 40.2 Å². The minimum Gasteiger partial charge on any atom is -0.381 e. The van der Waals surface area contributed by atoms with Crippen LogP contribution >= 0.6 is 0 Å². The zero-order valence-electron chi connectivity index (χ0n) is 12.8. The summed E-state index contributed by atoms with van der Waals surface area (Å²) in [6.07, 6.45) is 1.96. The molecule has 2 aliphatic heterocycles. The molecule has 0 bridgehead atoms. The lowest BCUT2D eigenvalue weighted by molar-refractivity contribution is 0.0854. The van der Waals surface area contributed by atoms with E-state index in [0.717, 1.165) is 48.3 Å². The summed E-state index contributed by atoms with van der Waals surface area (Å²) in [5.41, 5.74) is 5.03. The van der Waals surface area contributed by atoms with E-state index in [2.05, 4.69) is 11.4 Å². The van der Waals surface area contributed by atoms with E-state index in [-0.39, 0.29) is 11.7 Å². The number of carbonyl (C=O) groups is 1. The zero-order valence-corrected chi connectivity index (χ0v) is 12.8. The molecule has 2 aliphatic rings. The minimum atomic E-state index is -0.250. The molecule has 2 aromatic rings. The maximum absolute atomic E-state index is 13.3. The molecule has 0 saturated carbocycles. The summed E-state index contributed by atoms with van der Waals surface area (Å²) < 4.78 is 18.7. The standard InChI is InChI=1S/C19H18FNO2/c20-15-3-1-12(2-4-15)17-10-18-14(11-21-19(18)22)9-16(17)13-5-7-23-8-6-13/h1-4,9-10,13H,5-8,11H2,(H,21,22). The van der Waals surface area contributed by atoms with Crippen LogP contribution in [-0.2, 0) is 11.3 Å². The van der Waals surface area contributed by atoms with Crippen LogP contribution in [0, 0.1) is 5.82 Å². The van der Waals surface area contributed by atoms with Crippen molar-refractivity contribution in [3.8, 4) is 11.1 Å². The third kappa shape index (κ3) is 2.63. The van der Waals surface area contributed by atoms with E-state index in [0.29, 0.717) is 12.5 Å². The van der Waals surface area contributed by atoms with Crippen LogP contribution in [0.4, 0.5) is 4.39 Å². The summed E-state index contributed by atoms with van der Waals surface area (Å²) in [4.78, 5) is 12.0. The van der Waals surface area contributed by atoms with E-state index in [9.17, 15) is 9.18 Å². The Hall–Kier alpha value is -2.20. The van der Waals surface area contributed by atoms with Crippen LogP contribution in [0.25, 0.3) is 11.1 Å². The number of nitrogens with one attached hydrogen (secondary N) is 1. The van der Waals surface area contributed by atoms with Crippen molar-refractivity contribution in [3.63, 3.8) is 0 Å². The molecule has 0 radical (unpaired) electrons. The van der Waals surface area contributed by atoms with Crippen LogP contribution < -0.4 is 5.32 Å². The fourth-order valence-electron chi connectivity index (χ4n) is 3.52. The van der Waals surface area contributed by atoms with Crippen molar-refractivity contribution in [2.75, 3.05) is 13.2 Å². The minimum absolute atomic E-state index is 0.0260. The number of ether oxygens (including phenoxy) is 1. The van der Waals surface area contributed by atoms with Crippen molar-refractivity contribution in [3.05, 3.63) is 58.9 Å². The highest BCUT2D eigenvalue weighted by Crippen LogP contribution is 2.37. The van der Waals surface area contributed by atoms with Gasteiger partial charge in [0.2, 0.25) is 0 Å². The van der Waals surface area contributed by atoms with Crippen molar-refractivity contribution < 1.29 is 13.9 Å². The second kappa shape index (κ2) is 5.78. The highest BCUT2D eigenvalue weighted by atomic mass is 19.1. The Morgan fingerprint density at radius 3 is 2.52 bits per heavy atom. The van der Waals surface area contributed by atoms with Gasteiger partial charge >= 0.3 is 0 Å². The molecule has 0 atom stereocenters. The Morgan fingerprint density at radius 1 is 1.04 bits per heavy atom. The number of rotatable bonds is 2. The maximum atomic E-state index is 13.3. The average molecular weight is 311 g/mol. The monoisotopic (exact) mass is 311 g/mol. The summed E-state index contributed by atoms with van der Waals surface area (Å²) in [6, 6.07) is 10.6. The number of hydrogen-bond donors (Lipinski definition) is 1. The van der Waals surface area contributed by atoms with Crippen molar-refractivity contribution in [1.82, 2.24) is 5.32 Å². The van der Waals surface area contributed by atoms with Gasteiger partial charge < -0.3 is 10.1 Å². The molecule has 2 aromatic carbocycles. The molecule has 0 aliphatic carbocycles. The predicted molar refractivity (Wildman–Crippen MR) is 85.8 cm³/mol. The van der Waals surface area contributed by atoms with Crippen molar-refractivity contribution in [2.45, 2.75) is 25.3 Å². The lowest BCUT2D eigenvalue weighted by atomic mass is 9.84. The third-order valence-corrected chi connectivity index (χ3v) is 4.78. The van der Waals surface area contributed by atoms with Crippen LogP contribution in [0.5, 0.6) is 0 Å². The molecular weight excluding hydrogens is 293 g/mol. The molecule has 0 unspecified atom stereocenters. The van der Waals surface area contributed by atoms with Gasteiger partial charge in [0.15, 0.2) is 0 Å². The zero-order chi connectivity index (χ0) is 15.8. The number of carbonyl (C=O) groups excluding carboxylic acids is 1. The van der Waals surface area contributed by atoms with Crippen molar-refractivity contribution in [1.29, 1.82) is 0 Å². The molecule has 118 valence electrons. The normalized spacial score (nSPS) is 17.9. The van der Waals surface area contributed by atoms with E-state index in [4.69, 9.17) is 4.74 Å². The van der Waals surface area contributed by atoms with Gasteiger partial charge in [-0.15, -0.1) is 0 Å². The first-order chi connectivity index (χ1) is 11.2. The van der Waals surface area contributed by atoms with Crippen LogP contribution in [0.2, 0.25) is 0 Å². The molecule has 4 heteroatoms. The fourth-order valence-corrected chi connectivity index (χ4v) is 3.52. The van der Waals surface area contributed by atoms with Crippen LogP contribution in [-0.4, -0.2) is 19.1 Å². The Labute approximate surface area is 134 Å². The highest BCUT2D eigenvalue weighted by Gasteiger charge is 2.25. The molecule has 1 amide bonds. The first kappa shape index (κ1) is 14.4. The first-order valence-corrected chi connectivity index (χ1v) is 8.01. The summed E-state index contributed by atoms with van der Waals surface area (Å²) >= 11 is 0. The summed E-state index contributed by atoms with van der Waals surface area (Å²) in [5.74, 6) is 0.145. The number of amides is 1. The maximum Gasteiger partial charge on any atom is 0.251 e. The first-order valence-electron chi connectivity index (χ1n) is 8.01. The van der Waals surface area contributed by atoms with Gasteiger partial charge in [0.25, 0.3) is 5.91 Å². The molecule has 1 fully saturated rings. The molecular formula is C19H18FNO2. The van der Waals surface area contributed by atoms with E-state index in [1.165, 1.54) is 17.7 Å².